The third kappa shape index (κ3) is 1.20. The van der Waals surface area contributed by atoms with E-state index in [9.17, 15) is 0 Å². The highest BCUT2D eigenvalue weighted by Crippen LogP contribution is 2.25. The van der Waals surface area contributed by atoms with Crippen LogP contribution in [0.2, 0.25) is 0 Å². The number of rotatable bonds is 1. The Morgan fingerprint density at radius 2 is 2.25 bits per heavy atom. The first kappa shape index (κ1) is 6.05. The van der Waals surface area contributed by atoms with Crippen LogP contribution in [0.5, 0.6) is 0 Å². The smallest absolute Gasteiger partial charge is 0.0930 e. The Balaban J connectivity index is 2.22. The molecule has 8 heavy (non-hydrogen) atoms. The quantitative estimate of drug-likeness (QED) is 0.417. The fourth-order valence-corrected chi connectivity index (χ4v) is 1.25. The minimum absolute atomic E-state index is 0.130. The lowest BCUT2D eigenvalue weighted by molar-refractivity contribution is -0.276. The van der Waals surface area contributed by atoms with E-state index in [0.29, 0.717) is 0 Å². The van der Waals surface area contributed by atoms with Crippen LogP contribution in [-0.4, -0.2) is 11.4 Å². The predicted molar refractivity (Wildman–Crippen MR) is 30.5 cm³/mol. The van der Waals surface area contributed by atoms with Gasteiger partial charge in [-0.2, -0.15) is 0 Å². The van der Waals surface area contributed by atoms with E-state index in [0.717, 1.165) is 18.8 Å². The van der Waals surface area contributed by atoms with Gasteiger partial charge in [0.25, 0.3) is 0 Å². The van der Waals surface area contributed by atoms with Gasteiger partial charge in [0.15, 0.2) is 0 Å². The summed E-state index contributed by atoms with van der Waals surface area (Å²) in [6.45, 7) is 2.18. The van der Waals surface area contributed by atoms with Gasteiger partial charge in [0.05, 0.1) is 6.10 Å². The standard InChI is InChI=1S/C6H12O2/c1-5-2-3-6(4-5)8-7/h5-7H,2-4H2,1H3/t5-,6?/m1/s1. The second kappa shape index (κ2) is 2.46. The van der Waals surface area contributed by atoms with Gasteiger partial charge >= 0.3 is 0 Å². The third-order valence-electron chi connectivity index (χ3n) is 1.80. The zero-order chi connectivity index (χ0) is 5.98. The van der Waals surface area contributed by atoms with Crippen molar-refractivity contribution in [2.45, 2.75) is 32.3 Å². The van der Waals surface area contributed by atoms with E-state index in [1.165, 1.54) is 6.42 Å². The average molecular weight is 116 g/mol. The van der Waals surface area contributed by atoms with E-state index in [1.54, 1.807) is 0 Å². The molecule has 2 atom stereocenters. The molecule has 48 valence electrons. The summed E-state index contributed by atoms with van der Waals surface area (Å²) in [4.78, 5) is 4.18. The maximum Gasteiger partial charge on any atom is 0.0930 e. The first-order valence-electron chi connectivity index (χ1n) is 3.13. The highest BCUT2D eigenvalue weighted by molar-refractivity contribution is 4.71. The predicted octanol–water partition coefficient (Wildman–Crippen LogP) is 1.66. The SMILES string of the molecule is C[C@@H]1CCC(OO)C1. The Morgan fingerprint density at radius 3 is 2.50 bits per heavy atom. The van der Waals surface area contributed by atoms with Crippen molar-refractivity contribution < 1.29 is 10.1 Å². The van der Waals surface area contributed by atoms with Crippen molar-refractivity contribution >= 4 is 0 Å². The molecule has 0 spiro atoms. The van der Waals surface area contributed by atoms with Crippen molar-refractivity contribution in [2.24, 2.45) is 5.92 Å². The number of hydrogen-bond acceptors (Lipinski definition) is 2. The van der Waals surface area contributed by atoms with Crippen LogP contribution >= 0.6 is 0 Å². The maximum absolute atomic E-state index is 8.18. The maximum atomic E-state index is 8.18. The topological polar surface area (TPSA) is 29.5 Å². The molecule has 1 aliphatic rings. The Bertz CT molecular complexity index is 72.9. The molecule has 1 N–H and O–H groups in total. The van der Waals surface area contributed by atoms with E-state index in [-0.39, 0.29) is 6.10 Å². The van der Waals surface area contributed by atoms with Crippen molar-refractivity contribution in [1.29, 1.82) is 0 Å². The molecule has 0 aromatic heterocycles. The van der Waals surface area contributed by atoms with Crippen molar-refractivity contribution in [3.63, 3.8) is 0 Å². The fourth-order valence-electron chi connectivity index (χ4n) is 1.25. The zero-order valence-corrected chi connectivity index (χ0v) is 5.13. The monoisotopic (exact) mass is 116 g/mol. The van der Waals surface area contributed by atoms with E-state index in [2.05, 4.69) is 11.8 Å². The lowest BCUT2D eigenvalue weighted by Crippen LogP contribution is -2.03. The highest BCUT2D eigenvalue weighted by Gasteiger charge is 2.21. The summed E-state index contributed by atoms with van der Waals surface area (Å²) in [6, 6.07) is 0. The fraction of sp³-hybridized carbons (Fsp3) is 1.00. The van der Waals surface area contributed by atoms with Crippen molar-refractivity contribution in [3.8, 4) is 0 Å². The summed E-state index contributed by atoms with van der Waals surface area (Å²) in [6.07, 6.45) is 3.38. The van der Waals surface area contributed by atoms with E-state index < -0.39 is 0 Å². The molecule has 1 aliphatic carbocycles. The summed E-state index contributed by atoms with van der Waals surface area (Å²) in [5, 5.41) is 8.18. The summed E-state index contributed by atoms with van der Waals surface area (Å²) in [5.74, 6) is 0.743. The number of hydrogen-bond donors (Lipinski definition) is 1. The van der Waals surface area contributed by atoms with E-state index >= 15 is 0 Å². The van der Waals surface area contributed by atoms with Crippen LogP contribution in [0.25, 0.3) is 0 Å². The second-order valence-corrected chi connectivity index (χ2v) is 2.65. The van der Waals surface area contributed by atoms with Crippen molar-refractivity contribution in [3.05, 3.63) is 0 Å². The summed E-state index contributed by atoms with van der Waals surface area (Å²) < 4.78 is 0. The molecule has 0 bridgehead atoms. The highest BCUT2D eigenvalue weighted by atomic mass is 17.1. The van der Waals surface area contributed by atoms with Gasteiger partial charge in [-0.05, 0) is 25.2 Å². The van der Waals surface area contributed by atoms with Crippen LogP contribution in [0, 0.1) is 5.92 Å². The molecule has 1 saturated carbocycles. The summed E-state index contributed by atoms with van der Waals surface area (Å²) in [5.41, 5.74) is 0. The molecular weight excluding hydrogens is 104 g/mol. The molecule has 0 aromatic rings. The van der Waals surface area contributed by atoms with Crippen molar-refractivity contribution in [2.75, 3.05) is 0 Å². The van der Waals surface area contributed by atoms with E-state index in [1.807, 2.05) is 0 Å². The molecule has 0 heterocycles. The Hall–Kier alpha value is -0.0800. The molecule has 0 aromatic carbocycles. The molecule has 2 nitrogen and oxygen atoms in total. The molecule has 0 aliphatic heterocycles. The summed E-state index contributed by atoms with van der Waals surface area (Å²) >= 11 is 0. The lowest BCUT2D eigenvalue weighted by Gasteiger charge is -2.01. The Morgan fingerprint density at radius 1 is 1.50 bits per heavy atom. The Kier molecular flexibility index (Phi) is 1.86. The van der Waals surface area contributed by atoms with Gasteiger partial charge in [-0.25, -0.2) is 4.89 Å². The van der Waals surface area contributed by atoms with Gasteiger partial charge in [-0.15, -0.1) is 0 Å². The minimum atomic E-state index is 0.130. The van der Waals surface area contributed by atoms with Crippen LogP contribution in [0.1, 0.15) is 26.2 Å². The van der Waals surface area contributed by atoms with Crippen LogP contribution in [0.4, 0.5) is 0 Å². The first-order chi connectivity index (χ1) is 3.83. The van der Waals surface area contributed by atoms with Gasteiger partial charge < -0.3 is 0 Å². The van der Waals surface area contributed by atoms with Crippen LogP contribution in [0.15, 0.2) is 0 Å². The van der Waals surface area contributed by atoms with Crippen LogP contribution < -0.4 is 0 Å². The molecule has 2 heteroatoms. The zero-order valence-electron chi connectivity index (χ0n) is 5.13. The van der Waals surface area contributed by atoms with Gasteiger partial charge in [0.1, 0.15) is 0 Å². The minimum Gasteiger partial charge on any atom is -0.252 e. The lowest BCUT2D eigenvalue weighted by atomic mass is 10.1. The largest absolute Gasteiger partial charge is 0.252 e. The van der Waals surface area contributed by atoms with Gasteiger partial charge in [-0.1, -0.05) is 6.92 Å². The van der Waals surface area contributed by atoms with E-state index in [4.69, 9.17) is 5.26 Å². The normalized spacial score (nSPS) is 38.2. The summed E-state index contributed by atoms with van der Waals surface area (Å²) in [7, 11) is 0. The van der Waals surface area contributed by atoms with Gasteiger partial charge in [-0.3, -0.25) is 5.26 Å². The molecular formula is C6H12O2. The molecule has 0 saturated heterocycles. The average Bonchev–Trinajstić information content (AvgIpc) is 2.14. The molecule has 0 amide bonds. The third-order valence-corrected chi connectivity index (χ3v) is 1.80. The van der Waals surface area contributed by atoms with Gasteiger partial charge in [0, 0.05) is 0 Å². The van der Waals surface area contributed by atoms with Crippen LogP contribution in [0.3, 0.4) is 0 Å². The molecule has 1 fully saturated rings. The molecule has 1 rings (SSSR count). The molecule has 0 radical (unpaired) electrons. The van der Waals surface area contributed by atoms with Gasteiger partial charge in [0.2, 0.25) is 0 Å². The second-order valence-electron chi connectivity index (χ2n) is 2.65. The van der Waals surface area contributed by atoms with Crippen LogP contribution in [-0.2, 0) is 4.89 Å². The molecule has 1 unspecified atom stereocenters. The first-order valence-corrected chi connectivity index (χ1v) is 3.13. The van der Waals surface area contributed by atoms with Crippen molar-refractivity contribution in [1.82, 2.24) is 0 Å². The Labute approximate surface area is 49.4 Å².